The molecule has 0 bridgehead atoms. The summed E-state index contributed by atoms with van der Waals surface area (Å²) in [6, 6.07) is 0.344. The molecule has 0 aromatic carbocycles. The molecule has 0 radical (unpaired) electrons. The smallest absolute Gasteiger partial charge is 0.422 e. The van der Waals surface area contributed by atoms with E-state index in [9.17, 15) is 13.2 Å². The number of likely N-dealkylation sites (tertiary alicyclic amines) is 1. The van der Waals surface area contributed by atoms with Gasteiger partial charge >= 0.3 is 6.18 Å². The fourth-order valence-corrected chi connectivity index (χ4v) is 3.14. The highest BCUT2D eigenvalue weighted by molar-refractivity contribution is 5.31. The SMILES string of the molecule is C=C(C)CN1CCC(NCc2c(C)nn(C)c2OCC(F)(F)F)CC1. The van der Waals surface area contributed by atoms with Gasteiger partial charge in [-0.05, 0) is 39.8 Å². The van der Waals surface area contributed by atoms with Crippen LogP contribution in [0.3, 0.4) is 0 Å². The Kier molecular flexibility index (Phi) is 6.51. The fraction of sp³-hybridized carbons (Fsp3) is 0.706. The van der Waals surface area contributed by atoms with Crippen molar-refractivity contribution in [2.75, 3.05) is 26.2 Å². The second-order valence-corrected chi connectivity index (χ2v) is 6.79. The van der Waals surface area contributed by atoms with Gasteiger partial charge in [-0.15, -0.1) is 0 Å². The molecule has 1 N–H and O–H groups in total. The summed E-state index contributed by atoms with van der Waals surface area (Å²) in [6.45, 7) is 9.81. The molecule has 25 heavy (non-hydrogen) atoms. The van der Waals surface area contributed by atoms with Crippen LogP contribution in [-0.4, -0.2) is 53.1 Å². The summed E-state index contributed by atoms with van der Waals surface area (Å²) in [4.78, 5) is 2.37. The predicted octanol–water partition coefficient (Wildman–Crippen LogP) is 2.80. The Labute approximate surface area is 146 Å². The van der Waals surface area contributed by atoms with Crippen LogP contribution >= 0.6 is 0 Å². The standard InChI is InChI=1S/C17H27F3N4O/c1-12(2)10-24-7-5-14(6-8-24)21-9-15-13(3)22-23(4)16(15)25-11-17(18,19)20/h14,21H,1,5-11H2,2-4H3. The summed E-state index contributed by atoms with van der Waals surface area (Å²) in [6.07, 6.45) is -2.35. The van der Waals surface area contributed by atoms with Crippen LogP contribution in [0, 0.1) is 6.92 Å². The van der Waals surface area contributed by atoms with Crippen molar-refractivity contribution in [1.82, 2.24) is 20.0 Å². The molecule has 1 aliphatic rings. The van der Waals surface area contributed by atoms with Crippen LogP contribution in [0.25, 0.3) is 0 Å². The molecule has 8 heteroatoms. The highest BCUT2D eigenvalue weighted by atomic mass is 19.4. The Hall–Kier alpha value is -1.54. The zero-order valence-electron chi connectivity index (χ0n) is 15.1. The summed E-state index contributed by atoms with van der Waals surface area (Å²) in [5.41, 5.74) is 2.53. The third kappa shape index (κ3) is 6.04. The van der Waals surface area contributed by atoms with Gasteiger partial charge in [0, 0.05) is 26.2 Å². The molecule has 0 spiro atoms. The van der Waals surface area contributed by atoms with E-state index in [0.717, 1.165) is 38.0 Å². The molecule has 1 aliphatic heterocycles. The minimum atomic E-state index is -4.36. The quantitative estimate of drug-likeness (QED) is 0.760. The molecule has 1 fully saturated rings. The summed E-state index contributed by atoms with van der Waals surface area (Å²) >= 11 is 0. The molecule has 0 amide bonds. The molecule has 1 saturated heterocycles. The minimum Gasteiger partial charge on any atom is -0.468 e. The molecule has 0 saturated carbocycles. The van der Waals surface area contributed by atoms with Gasteiger partial charge in [-0.25, -0.2) is 4.68 Å². The first-order valence-corrected chi connectivity index (χ1v) is 8.48. The van der Waals surface area contributed by atoms with Gasteiger partial charge in [0.2, 0.25) is 5.88 Å². The van der Waals surface area contributed by atoms with Crippen LogP contribution in [0.4, 0.5) is 13.2 Å². The van der Waals surface area contributed by atoms with Gasteiger partial charge < -0.3 is 10.1 Å². The van der Waals surface area contributed by atoms with E-state index in [-0.39, 0.29) is 5.88 Å². The van der Waals surface area contributed by atoms with Gasteiger partial charge in [0.1, 0.15) is 0 Å². The number of nitrogens with zero attached hydrogens (tertiary/aromatic N) is 3. The van der Waals surface area contributed by atoms with Crippen LogP contribution < -0.4 is 10.1 Å². The van der Waals surface area contributed by atoms with E-state index in [4.69, 9.17) is 4.74 Å². The van der Waals surface area contributed by atoms with E-state index < -0.39 is 12.8 Å². The number of piperidine rings is 1. The fourth-order valence-electron chi connectivity index (χ4n) is 3.14. The number of halogens is 3. The van der Waals surface area contributed by atoms with Crippen molar-refractivity contribution >= 4 is 0 Å². The summed E-state index contributed by atoms with van der Waals surface area (Å²) in [5.74, 6) is 0.182. The Morgan fingerprint density at radius 1 is 1.36 bits per heavy atom. The van der Waals surface area contributed by atoms with Crippen LogP contribution in [-0.2, 0) is 13.6 Å². The van der Waals surface area contributed by atoms with Crippen molar-refractivity contribution in [3.63, 3.8) is 0 Å². The number of alkyl halides is 3. The maximum atomic E-state index is 12.4. The van der Waals surface area contributed by atoms with Gasteiger partial charge in [0.25, 0.3) is 0 Å². The molecular formula is C17H27F3N4O. The third-order valence-corrected chi connectivity index (χ3v) is 4.31. The predicted molar refractivity (Wildman–Crippen MR) is 90.6 cm³/mol. The zero-order chi connectivity index (χ0) is 18.6. The summed E-state index contributed by atoms with van der Waals surface area (Å²) in [5, 5.41) is 7.63. The average molecular weight is 360 g/mol. The van der Waals surface area contributed by atoms with Gasteiger partial charge in [0.05, 0.1) is 11.3 Å². The highest BCUT2D eigenvalue weighted by Crippen LogP contribution is 2.25. The number of rotatable bonds is 7. The van der Waals surface area contributed by atoms with E-state index in [2.05, 4.69) is 21.9 Å². The Balaban J connectivity index is 1.89. The number of hydrogen-bond donors (Lipinski definition) is 1. The van der Waals surface area contributed by atoms with E-state index in [1.807, 2.05) is 6.92 Å². The number of hydrogen-bond acceptors (Lipinski definition) is 4. The molecule has 2 heterocycles. The lowest BCUT2D eigenvalue weighted by molar-refractivity contribution is -0.154. The highest BCUT2D eigenvalue weighted by Gasteiger charge is 2.30. The molecule has 1 aromatic rings. The lowest BCUT2D eigenvalue weighted by atomic mass is 10.0. The Bertz CT molecular complexity index is 589. The van der Waals surface area contributed by atoms with E-state index in [0.29, 0.717) is 23.8 Å². The van der Waals surface area contributed by atoms with Crippen LogP contribution in [0.15, 0.2) is 12.2 Å². The molecule has 2 rings (SSSR count). The first kappa shape index (κ1) is 19.8. The van der Waals surface area contributed by atoms with Crippen molar-refractivity contribution in [3.8, 4) is 5.88 Å². The Morgan fingerprint density at radius 2 is 2.00 bits per heavy atom. The zero-order valence-corrected chi connectivity index (χ0v) is 15.1. The van der Waals surface area contributed by atoms with Crippen LogP contribution in [0.5, 0.6) is 5.88 Å². The van der Waals surface area contributed by atoms with Gasteiger partial charge in [-0.2, -0.15) is 18.3 Å². The lowest BCUT2D eigenvalue weighted by Crippen LogP contribution is -2.42. The summed E-state index contributed by atoms with van der Waals surface area (Å²) < 4.78 is 43.6. The van der Waals surface area contributed by atoms with E-state index in [1.165, 1.54) is 4.68 Å². The van der Waals surface area contributed by atoms with Crippen molar-refractivity contribution in [1.29, 1.82) is 0 Å². The van der Waals surface area contributed by atoms with Crippen molar-refractivity contribution < 1.29 is 17.9 Å². The lowest BCUT2D eigenvalue weighted by Gasteiger charge is -2.32. The monoisotopic (exact) mass is 360 g/mol. The number of aryl methyl sites for hydroxylation is 2. The molecule has 0 unspecified atom stereocenters. The largest absolute Gasteiger partial charge is 0.468 e. The maximum Gasteiger partial charge on any atom is 0.422 e. The van der Waals surface area contributed by atoms with E-state index in [1.54, 1.807) is 14.0 Å². The molecule has 142 valence electrons. The normalized spacial score (nSPS) is 17.0. The number of nitrogens with one attached hydrogen (secondary N) is 1. The van der Waals surface area contributed by atoms with Crippen LogP contribution in [0.1, 0.15) is 31.0 Å². The third-order valence-electron chi connectivity index (χ3n) is 4.31. The minimum absolute atomic E-state index is 0.182. The molecule has 5 nitrogen and oxygen atoms in total. The number of ether oxygens (including phenoxy) is 1. The average Bonchev–Trinajstić information content (AvgIpc) is 2.76. The van der Waals surface area contributed by atoms with Crippen molar-refractivity contribution in [2.24, 2.45) is 7.05 Å². The van der Waals surface area contributed by atoms with Crippen LogP contribution in [0.2, 0.25) is 0 Å². The van der Waals surface area contributed by atoms with Crippen molar-refractivity contribution in [3.05, 3.63) is 23.4 Å². The van der Waals surface area contributed by atoms with Crippen molar-refractivity contribution in [2.45, 2.75) is 45.5 Å². The second kappa shape index (κ2) is 8.23. The second-order valence-electron chi connectivity index (χ2n) is 6.79. The molecule has 0 aliphatic carbocycles. The first-order valence-electron chi connectivity index (χ1n) is 8.48. The Morgan fingerprint density at radius 3 is 2.56 bits per heavy atom. The first-order chi connectivity index (χ1) is 11.7. The van der Waals surface area contributed by atoms with Gasteiger partial charge in [-0.3, -0.25) is 4.90 Å². The maximum absolute atomic E-state index is 12.4. The molecular weight excluding hydrogens is 333 g/mol. The molecule has 0 atom stereocenters. The molecule has 1 aromatic heterocycles. The summed E-state index contributed by atoms with van der Waals surface area (Å²) in [7, 11) is 1.60. The topological polar surface area (TPSA) is 42.3 Å². The van der Waals surface area contributed by atoms with E-state index >= 15 is 0 Å². The number of aromatic nitrogens is 2. The van der Waals surface area contributed by atoms with Gasteiger partial charge in [0.15, 0.2) is 6.61 Å². The van der Waals surface area contributed by atoms with Gasteiger partial charge in [-0.1, -0.05) is 12.2 Å².